The van der Waals surface area contributed by atoms with Crippen LogP contribution in [0.3, 0.4) is 0 Å². The van der Waals surface area contributed by atoms with Gasteiger partial charge in [0.05, 0.1) is 35.0 Å². The maximum Gasteiger partial charge on any atom is 0.499 e. The molecular formula is C19H26BClN2O4. The fourth-order valence-corrected chi connectivity index (χ4v) is 3.99. The lowest BCUT2D eigenvalue weighted by Gasteiger charge is -2.32. The highest BCUT2D eigenvalue weighted by Gasteiger charge is 2.53. The molecule has 2 aliphatic heterocycles. The highest BCUT2D eigenvalue weighted by atomic mass is 35.5. The van der Waals surface area contributed by atoms with Crippen molar-refractivity contribution in [3.63, 3.8) is 0 Å². The first-order valence-corrected chi connectivity index (χ1v) is 9.84. The van der Waals surface area contributed by atoms with Gasteiger partial charge >= 0.3 is 7.12 Å². The maximum atomic E-state index is 6.58. The van der Waals surface area contributed by atoms with Crippen LogP contribution in [0.5, 0.6) is 5.75 Å². The van der Waals surface area contributed by atoms with Crippen LogP contribution in [0.1, 0.15) is 53.2 Å². The Morgan fingerprint density at radius 1 is 1.22 bits per heavy atom. The molecule has 0 bridgehead atoms. The summed E-state index contributed by atoms with van der Waals surface area (Å²) in [6, 6.07) is 1.88. The Balaban J connectivity index is 1.85. The Hall–Kier alpha value is -1.28. The second kappa shape index (κ2) is 6.66. The number of rotatable bonds is 3. The van der Waals surface area contributed by atoms with Crippen LogP contribution < -0.4 is 10.2 Å². The number of benzene rings is 1. The van der Waals surface area contributed by atoms with E-state index in [9.17, 15) is 0 Å². The second-order valence-electron chi connectivity index (χ2n) is 8.24. The van der Waals surface area contributed by atoms with Crippen molar-refractivity contribution in [2.75, 3.05) is 13.7 Å². The summed E-state index contributed by atoms with van der Waals surface area (Å²) in [5.74, 6) is 0.562. The minimum atomic E-state index is -0.587. The topological polar surface area (TPSA) is 54.7 Å². The standard InChI is InChI=1S/C19H26BClN2O4/c1-18(2)19(3,4)27-20(26-18)16-12-11-22-23(15-8-6-7-9-25-15)14(12)10-13(21)17(16)24-5/h10-11,15H,6-9H2,1-5H3. The Morgan fingerprint density at radius 2 is 1.93 bits per heavy atom. The highest BCUT2D eigenvalue weighted by molar-refractivity contribution is 6.67. The minimum absolute atomic E-state index is 0.0770. The molecule has 6 nitrogen and oxygen atoms in total. The van der Waals surface area contributed by atoms with Crippen LogP contribution in [-0.2, 0) is 14.0 Å². The third kappa shape index (κ3) is 3.05. The van der Waals surface area contributed by atoms with Gasteiger partial charge in [0, 0.05) is 17.5 Å². The molecule has 2 aromatic rings. The average molecular weight is 393 g/mol. The maximum absolute atomic E-state index is 6.58. The fraction of sp³-hybridized carbons (Fsp3) is 0.632. The van der Waals surface area contributed by atoms with Gasteiger partial charge in [0.15, 0.2) is 6.23 Å². The van der Waals surface area contributed by atoms with Crippen molar-refractivity contribution in [2.45, 2.75) is 64.4 Å². The summed E-state index contributed by atoms with van der Waals surface area (Å²) in [6.07, 6.45) is 4.90. The van der Waals surface area contributed by atoms with E-state index in [1.165, 1.54) is 0 Å². The van der Waals surface area contributed by atoms with Gasteiger partial charge < -0.3 is 18.8 Å². The van der Waals surface area contributed by atoms with Crippen LogP contribution >= 0.6 is 11.6 Å². The number of halogens is 1. The van der Waals surface area contributed by atoms with Gasteiger partial charge in [0.25, 0.3) is 0 Å². The molecule has 27 heavy (non-hydrogen) atoms. The Morgan fingerprint density at radius 3 is 2.52 bits per heavy atom. The summed E-state index contributed by atoms with van der Waals surface area (Å²) in [4.78, 5) is 0. The fourth-order valence-electron chi connectivity index (χ4n) is 3.71. The number of fused-ring (bicyclic) bond motifs is 1. The molecule has 0 saturated carbocycles. The third-order valence-electron chi connectivity index (χ3n) is 5.97. The lowest BCUT2D eigenvalue weighted by molar-refractivity contribution is -0.0366. The Kier molecular flexibility index (Phi) is 4.70. The van der Waals surface area contributed by atoms with E-state index in [1.54, 1.807) is 7.11 Å². The number of hydrogen-bond acceptors (Lipinski definition) is 5. The van der Waals surface area contributed by atoms with Crippen molar-refractivity contribution in [1.29, 1.82) is 0 Å². The first-order valence-electron chi connectivity index (χ1n) is 9.46. The summed E-state index contributed by atoms with van der Waals surface area (Å²) in [6.45, 7) is 8.86. The van der Waals surface area contributed by atoms with Gasteiger partial charge in [-0.3, -0.25) is 0 Å². The number of hydrogen-bond donors (Lipinski definition) is 0. The molecule has 0 radical (unpaired) electrons. The monoisotopic (exact) mass is 392 g/mol. The summed E-state index contributed by atoms with van der Waals surface area (Å²) in [5.41, 5.74) is 0.762. The molecule has 1 aromatic carbocycles. The molecule has 1 atom stereocenters. The van der Waals surface area contributed by atoms with Crippen LogP contribution in [-0.4, -0.2) is 41.8 Å². The molecule has 2 aliphatic rings. The molecule has 3 heterocycles. The normalized spacial score (nSPS) is 24.5. The van der Waals surface area contributed by atoms with E-state index in [4.69, 9.17) is 30.4 Å². The molecule has 0 amide bonds. The van der Waals surface area contributed by atoms with Crippen LogP contribution in [0.15, 0.2) is 12.3 Å². The van der Waals surface area contributed by atoms with Crippen LogP contribution in [0, 0.1) is 0 Å². The molecule has 8 heteroatoms. The molecule has 1 unspecified atom stereocenters. The first-order chi connectivity index (χ1) is 12.7. The van der Waals surface area contributed by atoms with Crippen molar-refractivity contribution in [2.24, 2.45) is 0 Å². The SMILES string of the molecule is COc1c(Cl)cc2c(cnn2C2CCCCO2)c1B1OC(C)(C)C(C)(C)O1. The molecule has 4 rings (SSSR count). The van der Waals surface area contributed by atoms with E-state index in [1.807, 2.05) is 44.6 Å². The van der Waals surface area contributed by atoms with Crippen molar-refractivity contribution in [3.8, 4) is 5.75 Å². The van der Waals surface area contributed by atoms with Gasteiger partial charge in [-0.15, -0.1) is 0 Å². The molecule has 2 fully saturated rings. The van der Waals surface area contributed by atoms with E-state index in [-0.39, 0.29) is 6.23 Å². The zero-order valence-electron chi connectivity index (χ0n) is 16.5. The smallest absolute Gasteiger partial charge is 0.496 e. The van der Waals surface area contributed by atoms with Crippen LogP contribution in [0.2, 0.25) is 5.02 Å². The van der Waals surface area contributed by atoms with Crippen molar-refractivity contribution >= 4 is 35.1 Å². The summed E-state index contributed by atoms with van der Waals surface area (Å²) in [7, 11) is 1.02. The van der Waals surface area contributed by atoms with Gasteiger partial charge in [-0.1, -0.05) is 11.6 Å². The summed E-state index contributed by atoms with van der Waals surface area (Å²) >= 11 is 6.58. The van der Waals surface area contributed by atoms with Gasteiger partial charge in [0.1, 0.15) is 5.75 Å². The molecular weight excluding hydrogens is 366 g/mol. The van der Waals surface area contributed by atoms with Gasteiger partial charge in [-0.25, -0.2) is 4.68 Å². The zero-order chi connectivity index (χ0) is 19.4. The minimum Gasteiger partial charge on any atom is -0.496 e. The summed E-state index contributed by atoms with van der Waals surface area (Å²) in [5, 5.41) is 6.02. The quantitative estimate of drug-likeness (QED) is 0.746. The van der Waals surface area contributed by atoms with E-state index in [0.29, 0.717) is 10.8 Å². The molecule has 1 aromatic heterocycles. The van der Waals surface area contributed by atoms with Gasteiger partial charge in [0.2, 0.25) is 0 Å². The molecule has 0 spiro atoms. The van der Waals surface area contributed by atoms with E-state index < -0.39 is 18.3 Å². The predicted molar refractivity (Wildman–Crippen MR) is 106 cm³/mol. The van der Waals surface area contributed by atoms with Crippen molar-refractivity contribution < 1.29 is 18.8 Å². The van der Waals surface area contributed by atoms with Crippen molar-refractivity contribution in [1.82, 2.24) is 9.78 Å². The zero-order valence-corrected chi connectivity index (χ0v) is 17.3. The lowest BCUT2D eigenvalue weighted by Crippen LogP contribution is -2.41. The Bertz CT molecular complexity index is 845. The molecule has 2 saturated heterocycles. The summed E-state index contributed by atoms with van der Waals surface area (Å²) < 4.78 is 26.0. The number of methoxy groups -OCH3 is 1. The van der Waals surface area contributed by atoms with E-state index in [0.717, 1.165) is 42.2 Å². The second-order valence-corrected chi connectivity index (χ2v) is 8.64. The molecule has 0 N–H and O–H groups in total. The van der Waals surface area contributed by atoms with Gasteiger partial charge in [-0.05, 0) is 53.0 Å². The largest absolute Gasteiger partial charge is 0.499 e. The number of ether oxygens (including phenoxy) is 2. The highest BCUT2D eigenvalue weighted by Crippen LogP contribution is 2.39. The first kappa shape index (κ1) is 19.1. The molecule has 146 valence electrons. The molecule has 0 aliphatic carbocycles. The van der Waals surface area contributed by atoms with Crippen LogP contribution in [0.25, 0.3) is 10.9 Å². The van der Waals surface area contributed by atoms with E-state index >= 15 is 0 Å². The predicted octanol–water partition coefficient (Wildman–Crippen LogP) is 3.70. The van der Waals surface area contributed by atoms with E-state index in [2.05, 4.69) is 5.10 Å². The van der Waals surface area contributed by atoms with Crippen molar-refractivity contribution in [3.05, 3.63) is 17.3 Å². The number of aromatic nitrogens is 2. The van der Waals surface area contributed by atoms with Crippen LogP contribution in [0.4, 0.5) is 0 Å². The third-order valence-corrected chi connectivity index (χ3v) is 6.25. The number of nitrogens with zero attached hydrogens (tertiary/aromatic N) is 2. The lowest BCUT2D eigenvalue weighted by atomic mass is 9.76. The Labute approximate surface area is 165 Å². The average Bonchev–Trinajstić information content (AvgIpc) is 3.12. The van der Waals surface area contributed by atoms with Gasteiger partial charge in [-0.2, -0.15) is 5.10 Å².